The van der Waals surface area contributed by atoms with E-state index in [4.69, 9.17) is 5.14 Å². The molecule has 0 heterocycles. The summed E-state index contributed by atoms with van der Waals surface area (Å²) in [7, 11) is -2.52. The van der Waals surface area contributed by atoms with Crippen LogP contribution >= 0.6 is 15.9 Å². The lowest BCUT2D eigenvalue weighted by Gasteiger charge is -2.27. The van der Waals surface area contributed by atoms with E-state index in [1.165, 1.54) is 11.9 Å². The first kappa shape index (κ1) is 18.1. The third kappa shape index (κ3) is 4.76. The van der Waals surface area contributed by atoms with Crippen LogP contribution in [-0.4, -0.2) is 32.8 Å². The molecule has 1 aromatic carbocycles. The zero-order valence-corrected chi connectivity index (χ0v) is 14.7. The van der Waals surface area contributed by atoms with Gasteiger partial charge in [0.05, 0.1) is 10.5 Å². The third-order valence-corrected chi connectivity index (χ3v) is 4.49. The number of nitrogens with zero attached hydrogens (tertiary/aromatic N) is 1. The molecule has 0 spiro atoms. The van der Waals surface area contributed by atoms with E-state index in [0.717, 1.165) is 12.1 Å². The number of hydrogen-bond acceptors (Lipinski definition) is 3. The molecule has 8 heteroatoms. The number of halogens is 2. The van der Waals surface area contributed by atoms with Crippen LogP contribution in [-0.2, 0) is 10.0 Å². The van der Waals surface area contributed by atoms with Crippen molar-refractivity contribution in [2.24, 2.45) is 10.6 Å². The number of carbonyl (C=O) groups excluding carboxylic acids is 1. The average molecular weight is 381 g/mol. The van der Waals surface area contributed by atoms with Crippen molar-refractivity contribution in [2.45, 2.75) is 25.7 Å². The van der Waals surface area contributed by atoms with E-state index >= 15 is 0 Å². The van der Waals surface area contributed by atoms with Gasteiger partial charge in [-0.15, -0.1) is 0 Å². The van der Waals surface area contributed by atoms with Crippen molar-refractivity contribution in [3.63, 3.8) is 0 Å². The molecule has 1 amide bonds. The summed E-state index contributed by atoms with van der Waals surface area (Å²) >= 11 is 2.93. The van der Waals surface area contributed by atoms with Crippen LogP contribution in [0.15, 0.2) is 21.5 Å². The summed E-state index contributed by atoms with van der Waals surface area (Å²) < 4.78 is 36.8. The summed E-state index contributed by atoms with van der Waals surface area (Å²) in [4.78, 5) is 13.3. The van der Waals surface area contributed by atoms with Gasteiger partial charge in [-0.2, -0.15) is 0 Å². The van der Waals surface area contributed by atoms with Gasteiger partial charge < -0.3 is 4.90 Å². The lowest BCUT2D eigenvalue weighted by Crippen LogP contribution is -2.35. The van der Waals surface area contributed by atoms with Gasteiger partial charge in [-0.3, -0.25) is 4.79 Å². The fourth-order valence-corrected chi connectivity index (χ4v) is 3.51. The van der Waals surface area contributed by atoms with Crippen LogP contribution in [0, 0.1) is 11.2 Å². The number of sulfonamides is 1. The summed E-state index contributed by atoms with van der Waals surface area (Å²) in [5.74, 6) is -1.40. The number of primary sulfonamides is 1. The molecule has 0 atom stereocenters. The van der Waals surface area contributed by atoms with E-state index in [1.54, 1.807) is 0 Å². The molecule has 21 heavy (non-hydrogen) atoms. The molecule has 1 aromatic rings. The van der Waals surface area contributed by atoms with Gasteiger partial charge >= 0.3 is 0 Å². The molecule has 0 aliphatic carbocycles. The van der Waals surface area contributed by atoms with Gasteiger partial charge in [0.25, 0.3) is 5.91 Å². The Kier molecular flexibility index (Phi) is 5.18. The van der Waals surface area contributed by atoms with Gasteiger partial charge in [-0.25, -0.2) is 17.9 Å². The Labute approximate surface area is 132 Å². The van der Waals surface area contributed by atoms with Crippen LogP contribution in [0.1, 0.15) is 31.1 Å². The number of rotatable bonds is 3. The summed E-state index contributed by atoms with van der Waals surface area (Å²) in [5, 5.41) is 5.05. The Morgan fingerprint density at radius 3 is 2.33 bits per heavy atom. The number of hydrogen-bond donors (Lipinski definition) is 1. The molecule has 1 rings (SSSR count). The second kappa shape index (κ2) is 6.02. The Morgan fingerprint density at radius 1 is 1.38 bits per heavy atom. The predicted octanol–water partition coefficient (Wildman–Crippen LogP) is 2.35. The maximum absolute atomic E-state index is 13.9. The minimum Gasteiger partial charge on any atom is -0.341 e. The van der Waals surface area contributed by atoms with Crippen LogP contribution in [0.3, 0.4) is 0 Å². The molecule has 0 aliphatic heterocycles. The first-order valence-corrected chi connectivity index (χ1v) is 8.44. The van der Waals surface area contributed by atoms with Gasteiger partial charge in [-0.1, -0.05) is 20.8 Å². The highest BCUT2D eigenvalue weighted by Crippen LogP contribution is 2.26. The van der Waals surface area contributed by atoms with Crippen molar-refractivity contribution in [2.75, 3.05) is 13.6 Å². The predicted molar refractivity (Wildman–Crippen MR) is 81.9 cm³/mol. The summed E-state index contributed by atoms with van der Waals surface area (Å²) in [6.45, 7) is 6.20. The standard InChI is InChI=1S/C13H18BrFN2O3S/c1-13(2,3)7-17(4)12(18)8-5-11(21(16,19)20)9(14)6-10(8)15/h5-6H,7H2,1-4H3,(H2,16,19,20). The SMILES string of the molecule is CN(CC(C)(C)C)C(=O)c1cc(S(N)(=O)=O)c(Br)cc1F. The number of nitrogens with two attached hydrogens (primary N) is 1. The Balaban J connectivity index is 3.28. The molecule has 0 aromatic heterocycles. The smallest absolute Gasteiger partial charge is 0.256 e. The van der Waals surface area contributed by atoms with Crippen molar-refractivity contribution in [1.29, 1.82) is 0 Å². The maximum atomic E-state index is 13.9. The molecule has 0 aliphatic rings. The van der Waals surface area contributed by atoms with Gasteiger partial charge in [0, 0.05) is 18.1 Å². The molecule has 0 saturated carbocycles. The van der Waals surface area contributed by atoms with E-state index in [9.17, 15) is 17.6 Å². The maximum Gasteiger partial charge on any atom is 0.256 e. The Bertz CT molecular complexity index is 669. The molecular weight excluding hydrogens is 363 g/mol. The molecule has 0 unspecified atom stereocenters. The lowest BCUT2D eigenvalue weighted by molar-refractivity contribution is 0.0740. The van der Waals surface area contributed by atoms with Gasteiger partial charge in [-0.05, 0) is 33.5 Å². The minimum atomic E-state index is -4.05. The number of amides is 1. The highest BCUT2D eigenvalue weighted by atomic mass is 79.9. The van der Waals surface area contributed by atoms with E-state index in [-0.39, 0.29) is 20.3 Å². The monoisotopic (exact) mass is 380 g/mol. The second-order valence-corrected chi connectivity index (χ2v) is 8.41. The van der Waals surface area contributed by atoms with Crippen LogP contribution in [0.4, 0.5) is 4.39 Å². The van der Waals surface area contributed by atoms with Gasteiger partial charge in [0.1, 0.15) is 5.82 Å². The summed E-state index contributed by atoms with van der Waals surface area (Å²) in [5.41, 5.74) is -0.493. The largest absolute Gasteiger partial charge is 0.341 e. The van der Waals surface area contributed by atoms with Gasteiger partial charge in [0.15, 0.2) is 0 Å². The number of carbonyl (C=O) groups is 1. The molecule has 0 fully saturated rings. The van der Waals surface area contributed by atoms with E-state index in [0.29, 0.717) is 6.54 Å². The second-order valence-electron chi connectivity index (χ2n) is 6.03. The summed E-state index contributed by atoms with van der Waals surface area (Å²) in [6.07, 6.45) is 0. The fraction of sp³-hybridized carbons (Fsp3) is 0.462. The molecule has 0 saturated heterocycles. The van der Waals surface area contributed by atoms with Crippen LogP contribution in [0.25, 0.3) is 0 Å². The van der Waals surface area contributed by atoms with Crippen molar-refractivity contribution < 1.29 is 17.6 Å². The molecule has 2 N–H and O–H groups in total. The van der Waals surface area contributed by atoms with Crippen LogP contribution < -0.4 is 5.14 Å². The van der Waals surface area contributed by atoms with E-state index < -0.39 is 21.7 Å². The molecule has 0 bridgehead atoms. The van der Waals surface area contributed by atoms with Crippen molar-refractivity contribution in [1.82, 2.24) is 4.90 Å². The third-order valence-electron chi connectivity index (χ3n) is 2.62. The highest BCUT2D eigenvalue weighted by Gasteiger charge is 2.24. The molecule has 118 valence electrons. The zero-order valence-electron chi connectivity index (χ0n) is 12.3. The highest BCUT2D eigenvalue weighted by molar-refractivity contribution is 9.10. The van der Waals surface area contributed by atoms with Crippen molar-refractivity contribution in [3.8, 4) is 0 Å². The quantitative estimate of drug-likeness (QED) is 0.873. The first-order chi connectivity index (χ1) is 9.33. The Morgan fingerprint density at radius 2 is 1.90 bits per heavy atom. The topological polar surface area (TPSA) is 80.5 Å². The zero-order chi connectivity index (χ0) is 16.6. The molecule has 5 nitrogen and oxygen atoms in total. The Hall–Kier alpha value is -0.990. The van der Waals surface area contributed by atoms with Crippen LogP contribution in [0.5, 0.6) is 0 Å². The molecule has 0 radical (unpaired) electrons. The van der Waals surface area contributed by atoms with E-state index in [1.807, 2.05) is 20.8 Å². The summed E-state index contributed by atoms with van der Waals surface area (Å²) in [6, 6.07) is 1.88. The molecular formula is C13H18BrFN2O3S. The first-order valence-electron chi connectivity index (χ1n) is 6.10. The van der Waals surface area contributed by atoms with Gasteiger partial charge in [0.2, 0.25) is 10.0 Å². The normalized spacial score (nSPS) is 12.3. The minimum absolute atomic E-state index is 0.0162. The lowest BCUT2D eigenvalue weighted by atomic mass is 9.96. The van der Waals surface area contributed by atoms with E-state index in [2.05, 4.69) is 15.9 Å². The average Bonchev–Trinajstić information content (AvgIpc) is 2.23. The van der Waals surface area contributed by atoms with Crippen molar-refractivity contribution in [3.05, 3.63) is 28.0 Å². The fourth-order valence-electron chi connectivity index (χ4n) is 1.90. The number of benzene rings is 1. The van der Waals surface area contributed by atoms with Crippen molar-refractivity contribution >= 4 is 31.9 Å². The van der Waals surface area contributed by atoms with Crippen LogP contribution in [0.2, 0.25) is 0 Å².